The lowest BCUT2D eigenvalue weighted by molar-refractivity contribution is 0.197. The number of rotatable bonds is 13. The normalized spacial score (nSPS) is 10.8. The molecule has 0 aliphatic heterocycles. The average molecular weight is 490 g/mol. The largest absolute Gasteiger partial charge is 0.385 e. The Morgan fingerprint density at radius 2 is 1.64 bits per heavy atom. The highest BCUT2D eigenvalue weighted by molar-refractivity contribution is 5.74. The molecule has 0 atom stereocenters. The van der Waals surface area contributed by atoms with Gasteiger partial charge in [-0.2, -0.15) is 20.3 Å². The highest BCUT2D eigenvalue weighted by Gasteiger charge is 2.19. The van der Waals surface area contributed by atoms with E-state index < -0.39 is 0 Å². The van der Waals surface area contributed by atoms with Crippen LogP contribution in [0.25, 0.3) is 5.95 Å². The zero-order chi connectivity index (χ0) is 25.8. The molecular weight excluding hydrogens is 462 g/mol. The van der Waals surface area contributed by atoms with Gasteiger partial charge < -0.3 is 20.1 Å². The Kier molecular flexibility index (Phi) is 9.76. The van der Waals surface area contributed by atoms with Crippen molar-refractivity contribution in [3.8, 4) is 18.1 Å². The summed E-state index contributed by atoms with van der Waals surface area (Å²) in [4.78, 5) is 13.0. The molecule has 0 fully saturated rings. The second-order valence-corrected chi connectivity index (χ2v) is 7.47. The molecule has 0 saturated heterocycles. The number of nitrogens with one attached hydrogen (secondary N) is 2. The third-order valence-corrected chi connectivity index (χ3v) is 5.01. The summed E-state index contributed by atoms with van der Waals surface area (Å²) in [6.07, 6.45) is 5.98. The van der Waals surface area contributed by atoms with Gasteiger partial charge in [-0.25, -0.2) is 15.0 Å². The number of azo groups is 1. The Bertz CT molecular complexity index is 1260. The molecule has 0 radical (unpaired) electrons. The first-order valence-electron chi connectivity index (χ1n) is 11.2. The van der Waals surface area contributed by atoms with Crippen molar-refractivity contribution in [2.75, 3.05) is 51.2 Å². The smallest absolute Gasteiger partial charge is 0.252 e. The van der Waals surface area contributed by atoms with E-state index in [-0.39, 0.29) is 17.3 Å². The summed E-state index contributed by atoms with van der Waals surface area (Å²) >= 11 is 0. The minimum absolute atomic E-state index is 0.161. The van der Waals surface area contributed by atoms with Gasteiger partial charge in [0, 0.05) is 58.5 Å². The molecule has 0 saturated carbocycles. The quantitative estimate of drug-likeness (QED) is 0.268. The maximum Gasteiger partial charge on any atom is 0.252 e. The van der Waals surface area contributed by atoms with E-state index in [1.165, 1.54) is 10.9 Å². The highest BCUT2D eigenvalue weighted by Crippen LogP contribution is 2.35. The van der Waals surface area contributed by atoms with Crippen molar-refractivity contribution < 1.29 is 9.47 Å². The first-order valence-corrected chi connectivity index (χ1v) is 11.2. The minimum atomic E-state index is 0.161. The first-order chi connectivity index (χ1) is 17.6. The number of hydrogen-bond donors (Lipinski definition) is 2. The monoisotopic (exact) mass is 489 g/mol. The van der Waals surface area contributed by atoms with Crippen molar-refractivity contribution in [2.45, 2.75) is 19.8 Å². The summed E-state index contributed by atoms with van der Waals surface area (Å²) in [5, 5.41) is 38.8. The van der Waals surface area contributed by atoms with E-state index in [0.717, 1.165) is 12.8 Å². The van der Waals surface area contributed by atoms with Gasteiger partial charge in [-0.15, -0.1) is 10.2 Å². The van der Waals surface area contributed by atoms with E-state index in [2.05, 4.69) is 53.1 Å². The van der Waals surface area contributed by atoms with Crippen molar-refractivity contribution >= 4 is 23.1 Å². The maximum absolute atomic E-state index is 9.85. The lowest BCUT2D eigenvalue weighted by Gasteiger charge is -2.15. The molecule has 36 heavy (non-hydrogen) atoms. The average Bonchev–Trinajstić information content (AvgIpc) is 3.32. The highest BCUT2D eigenvalue weighted by atomic mass is 16.5. The fourth-order valence-corrected chi connectivity index (χ4v) is 3.21. The number of methoxy groups -OCH3 is 2. The lowest BCUT2D eigenvalue weighted by Crippen LogP contribution is -2.12. The minimum Gasteiger partial charge on any atom is -0.385 e. The number of hydrogen-bond acceptors (Lipinski definition) is 12. The Hall–Kier alpha value is -4.46. The second-order valence-electron chi connectivity index (χ2n) is 7.47. The molecule has 3 aromatic heterocycles. The molecule has 13 heteroatoms. The van der Waals surface area contributed by atoms with Crippen LogP contribution in [0.4, 0.5) is 23.1 Å². The number of nitriles is 2. The molecule has 13 nitrogen and oxygen atoms in total. The fraction of sp³-hybridized carbons (Fsp3) is 0.391. The van der Waals surface area contributed by atoms with E-state index in [0.29, 0.717) is 54.8 Å². The zero-order valence-electron chi connectivity index (χ0n) is 20.4. The maximum atomic E-state index is 9.85. The van der Waals surface area contributed by atoms with Gasteiger partial charge >= 0.3 is 0 Å². The van der Waals surface area contributed by atoms with Crippen LogP contribution in [0.2, 0.25) is 0 Å². The standard InChI is InChI=1S/C23H27N11O2/c1-16-18(14-25)20(26-9-5-11-35-2)31-21(27-10-6-12-36-3)19(16)32-33-22-17(13-24)15-30-34(22)23-28-7-4-8-29-23/h4,7-8,15H,5-6,9-12H2,1-3H3,(H2,26,27,31). The van der Waals surface area contributed by atoms with Gasteiger partial charge in [0.25, 0.3) is 5.95 Å². The molecule has 0 aromatic carbocycles. The van der Waals surface area contributed by atoms with Gasteiger partial charge in [-0.05, 0) is 25.8 Å². The number of nitrogens with zero attached hydrogens (tertiary/aromatic N) is 9. The van der Waals surface area contributed by atoms with Gasteiger partial charge in [0.05, 0.1) is 11.8 Å². The fourth-order valence-electron chi connectivity index (χ4n) is 3.21. The van der Waals surface area contributed by atoms with Crippen LogP contribution < -0.4 is 10.6 Å². The van der Waals surface area contributed by atoms with E-state index >= 15 is 0 Å². The molecule has 3 rings (SSSR count). The van der Waals surface area contributed by atoms with Crippen molar-refractivity contribution in [1.82, 2.24) is 24.7 Å². The SMILES string of the molecule is COCCCNc1nc(NCCCOC)c(N=Nc2c(C#N)cnn2-c2ncccn2)c(C)c1C#N. The van der Waals surface area contributed by atoms with E-state index in [9.17, 15) is 10.5 Å². The van der Waals surface area contributed by atoms with E-state index in [1.807, 2.05) is 0 Å². The number of ether oxygens (including phenoxy) is 2. The predicted octanol–water partition coefficient (Wildman–Crippen LogP) is 3.42. The Morgan fingerprint density at radius 3 is 2.25 bits per heavy atom. The molecule has 0 amide bonds. The van der Waals surface area contributed by atoms with Crippen LogP contribution in [0.5, 0.6) is 0 Å². The van der Waals surface area contributed by atoms with Crippen LogP contribution in [0, 0.1) is 29.6 Å². The van der Waals surface area contributed by atoms with Crippen molar-refractivity contribution in [1.29, 1.82) is 10.5 Å². The molecule has 0 unspecified atom stereocenters. The number of pyridine rings is 1. The number of anilines is 2. The lowest BCUT2D eigenvalue weighted by atomic mass is 10.1. The van der Waals surface area contributed by atoms with Crippen molar-refractivity contribution in [3.63, 3.8) is 0 Å². The Balaban J connectivity index is 2.03. The predicted molar refractivity (Wildman–Crippen MR) is 132 cm³/mol. The van der Waals surface area contributed by atoms with Crippen LogP contribution in [0.3, 0.4) is 0 Å². The third kappa shape index (κ3) is 6.35. The van der Waals surface area contributed by atoms with Crippen LogP contribution in [0.15, 0.2) is 34.9 Å². The number of aromatic nitrogens is 5. The molecule has 3 heterocycles. The topological polar surface area (TPSA) is 171 Å². The van der Waals surface area contributed by atoms with Gasteiger partial charge in [0.2, 0.25) is 0 Å². The van der Waals surface area contributed by atoms with Crippen molar-refractivity contribution in [2.24, 2.45) is 10.2 Å². The molecule has 3 aromatic rings. The van der Waals surface area contributed by atoms with Crippen LogP contribution in [0.1, 0.15) is 29.5 Å². The van der Waals surface area contributed by atoms with Crippen molar-refractivity contribution in [3.05, 3.63) is 41.3 Å². The Labute approximate surface area is 208 Å². The summed E-state index contributed by atoms with van der Waals surface area (Å²) in [5.74, 6) is 1.30. The molecule has 0 spiro atoms. The second kappa shape index (κ2) is 13.4. The van der Waals surface area contributed by atoms with Crippen LogP contribution in [-0.2, 0) is 9.47 Å². The van der Waals surface area contributed by atoms with Crippen LogP contribution >= 0.6 is 0 Å². The molecule has 186 valence electrons. The van der Waals surface area contributed by atoms with E-state index in [4.69, 9.17) is 9.47 Å². The molecule has 0 aliphatic rings. The zero-order valence-corrected chi connectivity index (χ0v) is 20.4. The summed E-state index contributed by atoms with van der Waals surface area (Å²) < 4.78 is 11.5. The Morgan fingerprint density at radius 1 is 0.972 bits per heavy atom. The van der Waals surface area contributed by atoms with Gasteiger partial charge in [0.1, 0.15) is 29.2 Å². The summed E-state index contributed by atoms with van der Waals surface area (Å²) in [6.45, 7) is 4.08. The van der Waals surface area contributed by atoms with Gasteiger partial charge in [-0.3, -0.25) is 0 Å². The summed E-state index contributed by atoms with van der Waals surface area (Å²) in [5.41, 5.74) is 1.50. The summed E-state index contributed by atoms with van der Waals surface area (Å²) in [7, 11) is 3.27. The van der Waals surface area contributed by atoms with Crippen LogP contribution in [-0.4, -0.2) is 65.3 Å². The van der Waals surface area contributed by atoms with E-state index in [1.54, 1.807) is 39.6 Å². The van der Waals surface area contributed by atoms with Gasteiger partial charge in [-0.1, -0.05) is 0 Å². The first kappa shape index (κ1) is 26.2. The van der Waals surface area contributed by atoms with Gasteiger partial charge in [0.15, 0.2) is 11.6 Å². The third-order valence-electron chi connectivity index (χ3n) is 5.01. The molecule has 0 aliphatic carbocycles. The molecule has 2 N–H and O–H groups in total. The molecular formula is C23H27N11O2. The summed E-state index contributed by atoms with van der Waals surface area (Å²) in [6, 6.07) is 5.93. The molecule has 0 bridgehead atoms.